The Morgan fingerprint density at radius 3 is 2.52 bits per heavy atom. The third kappa shape index (κ3) is 5.72. The van der Waals surface area contributed by atoms with E-state index in [0.717, 1.165) is 0 Å². The Morgan fingerprint density at radius 1 is 1.14 bits per heavy atom. The summed E-state index contributed by atoms with van der Waals surface area (Å²) in [6.45, 7) is 3.80. The molecular weight excluding hydrogens is 397 g/mol. The van der Waals surface area contributed by atoms with Gasteiger partial charge in [0.25, 0.3) is 0 Å². The quantitative estimate of drug-likeness (QED) is 0.747. The maximum absolute atomic E-state index is 14.3. The number of halogens is 1. The van der Waals surface area contributed by atoms with Crippen LogP contribution in [-0.2, 0) is 16.6 Å². The SMILES string of the molecule is CCS(=O)(=O)N1CCN(Cc2cc(NC(=O)Nc3cccnc3)ccc2F)CC1. The summed E-state index contributed by atoms with van der Waals surface area (Å²) in [4.78, 5) is 18.0. The number of hydrogen-bond donors (Lipinski definition) is 2. The number of benzene rings is 1. The molecule has 2 aromatic rings. The molecule has 29 heavy (non-hydrogen) atoms. The van der Waals surface area contributed by atoms with Crippen LogP contribution >= 0.6 is 0 Å². The number of aromatic nitrogens is 1. The lowest BCUT2D eigenvalue weighted by molar-refractivity contribution is 0.180. The van der Waals surface area contributed by atoms with Crippen molar-refractivity contribution in [1.82, 2.24) is 14.2 Å². The second-order valence-corrected chi connectivity index (χ2v) is 8.96. The van der Waals surface area contributed by atoms with Gasteiger partial charge in [0.05, 0.1) is 17.6 Å². The van der Waals surface area contributed by atoms with Gasteiger partial charge in [-0.1, -0.05) is 0 Å². The standard InChI is InChI=1S/C19H24FN5O3S/c1-2-29(27,28)25-10-8-24(9-11-25)14-15-12-16(5-6-18(15)20)22-19(26)23-17-4-3-7-21-13-17/h3-7,12-13H,2,8-11,14H2,1H3,(H2,22,23,26). The van der Waals surface area contributed by atoms with E-state index < -0.39 is 16.1 Å². The van der Waals surface area contributed by atoms with Crippen molar-refractivity contribution in [1.29, 1.82) is 0 Å². The minimum Gasteiger partial charge on any atom is -0.308 e. The first-order valence-corrected chi connectivity index (χ1v) is 10.9. The molecule has 3 rings (SSSR count). The molecule has 0 unspecified atom stereocenters. The molecule has 1 aliphatic rings. The molecule has 1 aromatic heterocycles. The van der Waals surface area contributed by atoms with Gasteiger partial charge < -0.3 is 10.6 Å². The highest BCUT2D eigenvalue weighted by Crippen LogP contribution is 2.19. The van der Waals surface area contributed by atoms with Crippen LogP contribution in [0.15, 0.2) is 42.7 Å². The minimum atomic E-state index is -3.20. The van der Waals surface area contributed by atoms with Gasteiger partial charge in [0.15, 0.2) is 0 Å². The van der Waals surface area contributed by atoms with Gasteiger partial charge in [0.2, 0.25) is 10.0 Å². The Bertz CT molecular complexity index is 948. The largest absolute Gasteiger partial charge is 0.323 e. The Kier molecular flexibility index (Phi) is 6.78. The van der Waals surface area contributed by atoms with Crippen LogP contribution in [0.25, 0.3) is 0 Å². The first kappa shape index (κ1) is 21.2. The highest BCUT2D eigenvalue weighted by molar-refractivity contribution is 7.89. The topological polar surface area (TPSA) is 94.6 Å². The molecule has 0 aliphatic carbocycles. The Labute approximate surface area is 169 Å². The van der Waals surface area contributed by atoms with E-state index in [-0.39, 0.29) is 11.6 Å². The average Bonchev–Trinajstić information content (AvgIpc) is 2.71. The molecule has 0 spiro atoms. The molecule has 1 fully saturated rings. The maximum atomic E-state index is 14.3. The number of hydrogen-bond acceptors (Lipinski definition) is 5. The summed E-state index contributed by atoms with van der Waals surface area (Å²) < 4.78 is 39.6. The van der Waals surface area contributed by atoms with Crippen molar-refractivity contribution in [3.63, 3.8) is 0 Å². The monoisotopic (exact) mass is 421 g/mol. The Balaban J connectivity index is 1.59. The van der Waals surface area contributed by atoms with Gasteiger partial charge >= 0.3 is 6.03 Å². The first-order chi connectivity index (χ1) is 13.9. The van der Waals surface area contributed by atoms with Gasteiger partial charge in [0.1, 0.15) is 5.82 Å². The summed E-state index contributed by atoms with van der Waals surface area (Å²) in [5.41, 5.74) is 1.46. The number of carbonyl (C=O) groups is 1. The number of carbonyl (C=O) groups excluding carboxylic acids is 1. The van der Waals surface area contributed by atoms with E-state index in [1.54, 1.807) is 31.3 Å². The van der Waals surface area contributed by atoms with Crippen molar-refractivity contribution in [2.75, 3.05) is 42.6 Å². The molecule has 156 valence electrons. The second kappa shape index (κ2) is 9.29. The van der Waals surface area contributed by atoms with E-state index in [1.165, 1.54) is 22.6 Å². The smallest absolute Gasteiger partial charge is 0.308 e. The van der Waals surface area contributed by atoms with Gasteiger partial charge in [-0.2, -0.15) is 4.31 Å². The van der Waals surface area contributed by atoms with E-state index in [9.17, 15) is 17.6 Å². The lowest BCUT2D eigenvalue weighted by atomic mass is 10.1. The molecule has 10 heteroatoms. The van der Waals surface area contributed by atoms with Crippen molar-refractivity contribution in [3.05, 3.63) is 54.1 Å². The third-order valence-corrected chi connectivity index (χ3v) is 6.59. The fourth-order valence-electron chi connectivity index (χ4n) is 3.09. The van der Waals surface area contributed by atoms with Crippen molar-refractivity contribution >= 4 is 27.4 Å². The summed E-state index contributed by atoms with van der Waals surface area (Å²) >= 11 is 0. The Hall–Kier alpha value is -2.56. The zero-order valence-corrected chi connectivity index (χ0v) is 17.0. The molecule has 1 saturated heterocycles. The van der Waals surface area contributed by atoms with Crippen LogP contribution in [0.4, 0.5) is 20.6 Å². The lowest BCUT2D eigenvalue weighted by Gasteiger charge is -2.33. The molecule has 2 amide bonds. The molecule has 1 aliphatic heterocycles. The molecule has 2 heterocycles. The summed E-state index contributed by atoms with van der Waals surface area (Å²) in [5, 5.41) is 5.33. The fraction of sp³-hybridized carbons (Fsp3) is 0.368. The summed E-state index contributed by atoms with van der Waals surface area (Å²) in [5.74, 6) is -0.289. The van der Waals surface area contributed by atoms with Crippen molar-refractivity contribution < 1.29 is 17.6 Å². The van der Waals surface area contributed by atoms with Gasteiger partial charge in [-0.25, -0.2) is 17.6 Å². The maximum Gasteiger partial charge on any atom is 0.323 e. The normalized spacial score (nSPS) is 15.8. The van der Waals surface area contributed by atoms with Crippen LogP contribution in [0.3, 0.4) is 0 Å². The summed E-state index contributed by atoms with van der Waals surface area (Å²) in [7, 11) is -3.20. The van der Waals surface area contributed by atoms with Crippen molar-refractivity contribution in [2.24, 2.45) is 0 Å². The van der Waals surface area contributed by atoms with Crippen LogP contribution in [0.1, 0.15) is 12.5 Å². The predicted octanol–water partition coefficient (Wildman–Crippen LogP) is 2.33. The van der Waals surface area contributed by atoms with Gasteiger partial charge in [-0.05, 0) is 37.3 Å². The third-order valence-electron chi connectivity index (χ3n) is 4.71. The molecular formula is C19H24FN5O3S. The van der Waals surface area contributed by atoms with E-state index in [4.69, 9.17) is 0 Å². The van der Waals surface area contributed by atoms with Crippen molar-refractivity contribution in [3.8, 4) is 0 Å². The minimum absolute atomic E-state index is 0.0798. The average molecular weight is 421 g/mol. The van der Waals surface area contributed by atoms with Crippen LogP contribution in [0.5, 0.6) is 0 Å². The number of piperazine rings is 1. The van der Waals surface area contributed by atoms with E-state index in [2.05, 4.69) is 15.6 Å². The second-order valence-electron chi connectivity index (χ2n) is 6.70. The molecule has 0 atom stereocenters. The molecule has 0 saturated carbocycles. The molecule has 0 bridgehead atoms. The van der Waals surface area contributed by atoms with Crippen LogP contribution in [0, 0.1) is 5.82 Å². The van der Waals surface area contributed by atoms with Crippen LogP contribution in [-0.4, -0.2) is 60.6 Å². The first-order valence-electron chi connectivity index (χ1n) is 9.34. The predicted molar refractivity (Wildman–Crippen MR) is 110 cm³/mol. The molecule has 8 nitrogen and oxygen atoms in total. The zero-order chi connectivity index (χ0) is 20.9. The summed E-state index contributed by atoms with van der Waals surface area (Å²) in [6.07, 6.45) is 3.13. The van der Waals surface area contributed by atoms with Gasteiger partial charge in [-0.3, -0.25) is 9.88 Å². The number of rotatable bonds is 6. The fourth-order valence-corrected chi connectivity index (χ4v) is 4.18. The Morgan fingerprint density at radius 2 is 1.86 bits per heavy atom. The number of pyridine rings is 1. The molecule has 0 radical (unpaired) electrons. The number of nitrogens with one attached hydrogen (secondary N) is 2. The van der Waals surface area contributed by atoms with Crippen molar-refractivity contribution in [2.45, 2.75) is 13.5 Å². The lowest BCUT2D eigenvalue weighted by Crippen LogP contribution is -2.48. The summed E-state index contributed by atoms with van der Waals surface area (Å²) in [6, 6.07) is 7.36. The number of anilines is 2. The van der Waals surface area contributed by atoms with E-state index >= 15 is 0 Å². The molecule has 1 aromatic carbocycles. The zero-order valence-electron chi connectivity index (χ0n) is 16.1. The highest BCUT2D eigenvalue weighted by atomic mass is 32.2. The van der Waals surface area contributed by atoms with Crippen LogP contribution < -0.4 is 10.6 Å². The number of nitrogens with zero attached hydrogens (tertiary/aromatic N) is 3. The number of sulfonamides is 1. The van der Waals surface area contributed by atoms with Gasteiger partial charge in [0, 0.05) is 50.2 Å². The number of urea groups is 1. The van der Waals surface area contributed by atoms with Crippen LogP contribution in [0.2, 0.25) is 0 Å². The van der Waals surface area contributed by atoms with E-state index in [0.29, 0.717) is 49.7 Å². The van der Waals surface area contributed by atoms with Gasteiger partial charge in [-0.15, -0.1) is 0 Å². The molecule has 2 N–H and O–H groups in total. The number of amides is 2. The van der Waals surface area contributed by atoms with E-state index in [1.807, 2.05) is 4.90 Å². The highest BCUT2D eigenvalue weighted by Gasteiger charge is 2.25.